The van der Waals surface area contributed by atoms with Gasteiger partial charge >= 0.3 is 0 Å². The number of benzene rings is 2. The molecule has 0 spiro atoms. The molecule has 0 aliphatic carbocycles. The first-order valence-corrected chi connectivity index (χ1v) is 8.74. The van der Waals surface area contributed by atoms with E-state index >= 15 is 0 Å². The Morgan fingerprint density at radius 2 is 1.00 bits per heavy atom. The lowest BCUT2D eigenvalue weighted by Crippen LogP contribution is -2.08. The van der Waals surface area contributed by atoms with E-state index in [-0.39, 0.29) is 0 Å². The van der Waals surface area contributed by atoms with Crippen LogP contribution < -0.4 is 0 Å². The average molecular weight is 311 g/mol. The van der Waals surface area contributed by atoms with Gasteiger partial charge in [0, 0.05) is 0 Å². The molecule has 0 saturated carbocycles. The Morgan fingerprint density at radius 3 is 1.39 bits per heavy atom. The zero-order valence-electron chi connectivity index (χ0n) is 15.9. The molecule has 0 aliphatic rings. The summed E-state index contributed by atoms with van der Waals surface area (Å²) < 4.78 is 0. The summed E-state index contributed by atoms with van der Waals surface area (Å²) >= 11 is 0. The summed E-state index contributed by atoms with van der Waals surface area (Å²) in [7, 11) is 0. The number of rotatable bonds is 3. The first-order valence-electron chi connectivity index (χ1n) is 8.74. The van der Waals surface area contributed by atoms with E-state index in [0.717, 1.165) is 6.42 Å². The average Bonchev–Trinajstić information content (AvgIpc) is 2.46. The van der Waals surface area contributed by atoms with Crippen molar-refractivity contribution in [3.8, 4) is 0 Å². The topological polar surface area (TPSA) is 0 Å². The van der Waals surface area contributed by atoms with E-state index in [9.17, 15) is 0 Å². The number of hydrogen-bond donors (Lipinski definition) is 0. The largest absolute Gasteiger partial charge is 0.0622 e. The Bertz CT molecular complexity index is 524. The van der Waals surface area contributed by atoms with E-state index in [1.54, 1.807) is 0 Å². The van der Waals surface area contributed by atoms with E-state index in [2.05, 4.69) is 102 Å². The second-order valence-electron chi connectivity index (χ2n) is 8.77. The molecule has 23 heavy (non-hydrogen) atoms. The summed E-state index contributed by atoms with van der Waals surface area (Å²) in [6.45, 7) is 13.7. The van der Waals surface area contributed by atoms with Crippen LogP contribution in [0, 0.1) is 10.8 Å². The third-order valence-electron chi connectivity index (χ3n) is 3.58. The fraction of sp³-hybridized carbons (Fsp3) is 0.478. The van der Waals surface area contributed by atoms with Crippen molar-refractivity contribution in [2.75, 3.05) is 0 Å². The molecule has 0 aromatic heterocycles. The van der Waals surface area contributed by atoms with Gasteiger partial charge in [-0.1, -0.05) is 102 Å². The van der Waals surface area contributed by atoms with Gasteiger partial charge in [0.15, 0.2) is 0 Å². The molecule has 2 rings (SSSR count). The maximum Gasteiger partial charge on any atom is -0.0230 e. The van der Waals surface area contributed by atoms with Crippen molar-refractivity contribution in [3.63, 3.8) is 0 Å². The molecule has 0 radical (unpaired) electrons. The molecule has 0 saturated heterocycles. The lowest BCUT2D eigenvalue weighted by molar-refractivity contribution is 0.378. The van der Waals surface area contributed by atoms with Crippen LogP contribution in [0.5, 0.6) is 0 Å². The maximum absolute atomic E-state index is 2.29. The second-order valence-corrected chi connectivity index (χ2v) is 8.77. The first kappa shape index (κ1) is 19.5. The minimum Gasteiger partial charge on any atom is -0.0622 e. The smallest absolute Gasteiger partial charge is 0.0230 e. The van der Waals surface area contributed by atoms with Gasteiger partial charge in [0.1, 0.15) is 0 Å². The van der Waals surface area contributed by atoms with Crippen molar-refractivity contribution in [1.29, 1.82) is 0 Å². The van der Waals surface area contributed by atoms with Crippen molar-refractivity contribution >= 4 is 0 Å². The molecule has 0 nitrogen and oxygen atoms in total. The highest BCUT2D eigenvalue weighted by molar-refractivity contribution is 5.16. The summed E-state index contributed by atoms with van der Waals surface area (Å²) in [6, 6.07) is 21.3. The lowest BCUT2D eigenvalue weighted by atomic mass is 9.88. The fourth-order valence-corrected chi connectivity index (χ4v) is 2.37. The first-order chi connectivity index (χ1) is 10.7. The van der Waals surface area contributed by atoms with Crippen molar-refractivity contribution in [3.05, 3.63) is 71.8 Å². The molecule has 0 bridgehead atoms. The SMILES string of the molecule is CC(C)(C)CCc1ccccc1.CC(C)(C)Cc1ccccc1. The van der Waals surface area contributed by atoms with Crippen LogP contribution in [0.25, 0.3) is 0 Å². The predicted octanol–water partition coefficient (Wildman–Crippen LogP) is 6.94. The van der Waals surface area contributed by atoms with E-state index in [0.29, 0.717) is 10.8 Å². The predicted molar refractivity (Wildman–Crippen MR) is 104 cm³/mol. The summed E-state index contributed by atoms with van der Waals surface area (Å²) in [4.78, 5) is 0. The third-order valence-corrected chi connectivity index (χ3v) is 3.58. The second kappa shape index (κ2) is 8.91. The Kier molecular flexibility index (Phi) is 7.55. The van der Waals surface area contributed by atoms with Gasteiger partial charge in [-0.05, 0) is 41.2 Å². The lowest BCUT2D eigenvalue weighted by Gasteiger charge is -2.17. The maximum atomic E-state index is 2.29. The van der Waals surface area contributed by atoms with Gasteiger partial charge in [-0.3, -0.25) is 0 Å². The Morgan fingerprint density at radius 1 is 0.565 bits per heavy atom. The molecule has 0 heteroatoms. The van der Waals surface area contributed by atoms with Gasteiger partial charge in [0.2, 0.25) is 0 Å². The molecule has 2 aromatic carbocycles. The van der Waals surface area contributed by atoms with Gasteiger partial charge in [-0.15, -0.1) is 0 Å². The molecule has 0 unspecified atom stereocenters. The number of aryl methyl sites for hydroxylation is 1. The summed E-state index contributed by atoms with van der Waals surface area (Å²) in [6.07, 6.45) is 3.62. The Labute approximate surface area is 144 Å². The molecule has 2 aromatic rings. The van der Waals surface area contributed by atoms with Gasteiger partial charge in [-0.2, -0.15) is 0 Å². The zero-order valence-corrected chi connectivity index (χ0v) is 15.9. The van der Waals surface area contributed by atoms with Crippen LogP contribution in [0.4, 0.5) is 0 Å². The highest BCUT2D eigenvalue weighted by Gasteiger charge is 2.10. The van der Waals surface area contributed by atoms with Crippen LogP contribution in [0.3, 0.4) is 0 Å². The molecule has 0 N–H and O–H groups in total. The highest BCUT2D eigenvalue weighted by atomic mass is 14.2. The van der Waals surface area contributed by atoms with Gasteiger partial charge in [-0.25, -0.2) is 0 Å². The van der Waals surface area contributed by atoms with Crippen LogP contribution >= 0.6 is 0 Å². The summed E-state index contributed by atoms with van der Waals surface area (Å²) in [5.41, 5.74) is 3.74. The van der Waals surface area contributed by atoms with E-state index in [1.807, 2.05) is 0 Å². The minimum atomic E-state index is 0.404. The normalized spacial score (nSPS) is 11.6. The van der Waals surface area contributed by atoms with Crippen LogP contribution in [0.15, 0.2) is 60.7 Å². The Hall–Kier alpha value is -1.56. The van der Waals surface area contributed by atoms with Gasteiger partial charge in [0.25, 0.3) is 0 Å². The van der Waals surface area contributed by atoms with Crippen LogP contribution in [-0.4, -0.2) is 0 Å². The van der Waals surface area contributed by atoms with E-state index in [1.165, 1.54) is 24.0 Å². The zero-order chi connectivity index (χ0) is 17.3. The van der Waals surface area contributed by atoms with Crippen molar-refractivity contribution in [2.45, 2.75) is 60.8 Å². The van der Waals surface area contributed by atoms with Gasteiger partial charge in [0.05, 0.1) is 0 Å². The molecule has 0 fully saturated rings. The number of hydrogen-bond acceptors (Lipinski definition) is 0. The van der Waals surface area contributed by atoms with Crippen LogP contribution in [0.1, 0.15) is 59.1 Å². The molecule has 0 atom stereocenters. The van der Waals surface area contributed by atoms with Crippen molar-refractivity contribution < 1.29 is 0 Å². The van der Waals surface area contributed by atoms with Crippen molar-refractivity contribution in [2.24, 2.45) is 10.8 Å². The quantitative estimate of drug-likeness (QED) is 0.576. The molecule has 0 amide bonds. The standard InChI is InChI=1S/C12H18.C11H16/c1-12(2,3)10-9-11-7-5-4-6-8-11;1-11(2,3)9-10-7-5-4-6-8-10/h4-8H,9-10H2,1-3H3;4-8H,9H2,1-3H3. The molecule has 0 aliphatic heterocycles. The summed E-state index contributed by atoms with van der Waals surface area (Å²) in [5.74, 6) is 0. The molecule has 126 valence electrons. The van der Waals surface area contributed by atoms with Gasteiger partial charge < -0.3 is 0 Å². The van der Waals surface area contributed by atoms with E-state index in [4.69, 9.17) is 0 Å². The van der Waals surface area contributed by atoms with Crippen LogP contribution in [0.2, 0.25) is 0 Å². The van der Waals surface area contributed by atoms with E-state index < -0.39 is 0 Å². The fourth-order valence-electron chi connectivity index (χ4n) is 2.37. The van der Waals surface area contributed by atoms with Crippen LogP contribution in [-0.2, 0) is 12.8 Å². The highest BCUT2D eigenvalue weighted by Crippen LogP contribution is 2.21. The molecular formula is C23H34. The molecular weight excluding hydrogens is 276 g/mol. The third kappa shape index (κ3) is 10.7. The monoisotopic (exact) mass is 310 g/mol. The summed E-state index contributed by atoms with van der Waals surface area (Å²) in [5, 5.41) is 0. The Balaban J connectivity index is 0.000000231. The molecule has 0 heterocycles. The minimum absolute atomic E-state index is 0.404. The van der Waals surface area contributed by atoms with Crippen molar-refractivity contribution in [1.82, 2.24) is 0 Å².